The number of nitrogens with zero attached hydrogens (tertiary/aromatic N) is 2. The van der Waals surface area contributed by atoms with Crippen LogP contribution >= 0.6 is 0 Å². The number of nitrogens with one attached hydrogen (secondary N) is 1. The highest BCUT2D eigenvalue weighted by atomic mass is 16.2. The molecule has 1 fully saturated rings. The Morgan fingerprint density at radius 3 is 2.94 bits per heavy atom. The Labute approximate surface area is 92.4 Å². The number of hydrogen-bond acceptors (Lipinski definition) is 4. The summed E-state index contributed by atoms with van der Waals surface area (Å²) in [6.45, 7) is 0.682. The summed E-state index contributed by atoms with van der Waals surface area (Å²) in [6, 6.07) is 3.20. The van der Waals surface area contributed by atoms with Gasteiger partial charge in [-0.15, -0.1) is 0 Å². The third kappa shape index (κ3) is 2.01. The van der Waals surface area contributed by atoms with Crippen molar-refractivity contribution in [2.24, 2.45) is 5.73 Å². The average Bonchev–Trinajstić information content (AvgIpc) is 2.61. The number of rotatable bonds is 3. The minimum absolute atomic E-state index is 0.0770. The molecule has 0 spiro atoms. The van der Waals surface area contributed by atoms with Crippen LogP contribution in [-0.4, -0.2) is 28.4 Å². The van der Waals surface area contributed by atoms with Gasteiger partial charge >= 0.3 is 6.03 Å². The SMILES string of the molecule is NCc1cc(CN2C(=O)CNC2=O)ccn1. The standard InChI is InChI=1S/C10H12N4O2/c11-4-8-3-7(1-2-12-8)6-14-9(15)5-13-10(14)16/h1-3H,4-6,11H2,(H,13,16). The molecule has 0 atom stereocenters. The van der Waals surface area contributed by atoms with Crippen LogP contribution in [0.25, 0.3) is 0 Å². The van der Waals surface area contributed by atoms with E-state index >= 15 is 0 Å². The van der Waals surface area contributed by atoms with E-state index in [1.54, 1.807) is 18.3 Å². The lowest BCUT2D eigenvalue weighted by molar-refractivity contribution is -0.125. The van der Waals surface area contributed by atoms with E-state index in [0.717, 1.165) is 11.3 Å². The van der Waals surface area contributed by atoms with Crippen LogP contribution < -0.4 is 11.1 Å². The molecule has 1 aromatic heterocycles. The smallest absolute Gasteiger partial charge is 0.324 e. The first-order chi connectivity index (χ1) is 7.70. The number of nitrogens with two attached hydrogens (primary N) is 1. The summed E-state index contributed by atoms with van der Waals surface area (Å²) < 4.78 is 0. The van der Waals surface area contributed by atoms with E-state index in [1.165, 1.54) is 4.90 Å². The van der Waals surface area contributed by atoms with Gasteiger partial charge in [-0.05, 0) is 17.7 Å². The van der Waals surface area contributed by atoms with Crippen LogP contribution in [-0.2, 0) is 17.9 Å². The Morgan fingerprint density at radius 1 is 1.50 bits per heavy atom. The number of pyridine rings is 1. The van der Waals surface area contributed by atoms with Crippen LogP contribution in [0.3, 0.4) is 0 Å². The molecular formula is C10H12N4O2. The zero-order valence-corrected chi connectivity index (χ0v) is 8.64. The predicted octanol–water partition coefficient (Wildman–Crippen LogP) is -0.408. The lowest BCUT2D eigenvalue weighted by atomic mass is 10.2. The van der Waals surface area contributed by atoms with E-state index in [1.807, 2.05) is 0 Å². The molecule has 3 N–H and O–H groups in total. The molecule has 3 amide bonds. The van der Waals surface area contributed by atoms with Crippen LogP contribution in [0, 0.1) is 0 Å². The first kappa shape index (κ1) is 10.6. The second-order valence-corrected chi connectivity index (χ2v) is 3.50. The van der Waals surface area contributed by atoms with Gasteiger partial charge in [0.1, 0.15) is 0 Å². The molecule has 0 saturated carbocycles. The number of aromatic nitrogens is 1. The van der Waals surface area contributed by atoms with Crippen LogP contribution in [0.4, 0.5) is 4.79 Å². The van der Waals surface area contributed by atoms with Gasteiger partial charge in [-0.2, -0.15) is 0 Å². The van der Waals surface area contributed by atoms with Crippen LogP contribution in [0.2, 0.25) is 0 Å². The van der Waals surface area contributed by atoms with Crippen molar-refractivity contribution in [3.8, 4) is 0 Å². The lowest BCUT2D eigenvalue weighted by Crippen LogP contribution is -2.30. The fourth-order valence-corrected chi connectivity index (χ4v) is 1.54. The largest absolute Gasteiger partial charge is 0.329 e. The number of amides is 3. The molecule has 1 saturated heterocycles. The summed E-state index contributed by atoms with van der Waals surface area (Å²) in [5, 5.41) is 2.47. The second kappa shape index (κ2) is 4.28. The van der Waals surface area contributed by atoms with Crippen molar-refractivity contribution in [2.45, 2.75) is 13.1 Å². The average molecular weight is 220 g/mol. The molecule has 2 heterocycles. The number of urea groups is 1. The molecule has 1 aromatic rings. The molecular weight excluding hydrogens is 208 g/mol. The maximum atomic E-state index is 11.3. The molecule has 0 aromatic carbocycles. The molecule has 2 rings (SSSR count). The molecule has 0 bridgehead atoms. The Bertz CT molecular complexity index is 417. The van der Waals surface area contributed by atoms with E-state index in [-0.39, 0.29) is 25.0 Å². The van der Waals surface area contributed by atoms with Gasteiger partial charge in [-0.25, -0.2) is 4.79 Å². The summed E-state index contributed by atoms with van der Waals surface area (Å²) in [4.78, 5) is 27.9. The Hall–Kier alpha value is -1.95. The van der Waals surface area contributed by atoms with Crippen molar-refractivity contribution >= 4 is 11.9 Å². The summed E-state index contributed by atoms with van der Waals surface area (Å²) in [5.41, 5.74) is 7.05. The predicted molar refractivity (Wildman–Crippen MR) is 56.1 cm³/mol. The number of imide groups is 1. The van der Waals surface area contributed by atoms with Gasteiger partial charge in [0.2, 0.25) is 5.91 Å². The molecule has 0 radical (unpaired) electrons. The minimum Gasteiger partial charge on any atom is -0.329 e. The molecule has 1 aliphatic heterocycles. The molecule has 0 unspecified atom stereocenters. The zero-order valence-electron chi connectivity index (χ0n) is 8.64. The molecule has 6 nitrogen and oxygen atoms in total. The first-order valence-electron chi connectivity index (χ1n) is 4.93. The van der Waals surface area contributed by atoms with Crippen molar-refractivity contribution in [2.75, 3.05) is 6.54 Å². The molecule has 16 heavy (non-hydrogen) atoms. The Morgan fingerprint density at radius 2 is 2.31 bits per heavy atom. The van der Waals surface area contributed by atoms with Gasteiger partial charge in [0.05, 0.1) is 18.8 Å². The molecule has 1 aliphatic rings. The number of hydrogen-bond donors (Lipinski definition) is 2. The van der Waals surface area contributed by atoms with Crippen molar-refractivity contribution < 1.29 is 9.59 Å². The summed E-state index contributed by atoms with van der Waals surface area (Å²) in [5.74, 6) is -0.212. The minimum atomic E-state index is -0.351. The van der Waals surface area contributed by atoms with Crippen LogP contribution in [0.15, 0.2) is 18.3 Å². The van der Waals surface area contributed by atoms with Crippen molar-refractivity contribution in [1.29, 1.82) is 0 Å². The third-order valence-corrected chi connectivity index (χ3v) is 2.37. The highest BCUT2D eigenvalue weighted by molar-refractivity contribution is 6.01. The summed E-state index contributed by atoms with van der Waals surface area (Å²) in [7, 11) is 0. The second-order valence-electron chi connectivity index (χ2n) is 3.50. The first-order valence-corrected chi connectivity index (χ1v) is 4.93. The quantitative estimate of drug-likeness (QED) is 0.678. The summed E-state index contributed by atoms with van der Waals surface area (Å²) >= 11 is 0. The van der Waals surface area contributed by atoms with Crippen molar-refractivity contribution in [1.82, 2.24) is 15.2 Å². The Balaban J connectivity index is 2.14. The number of carbonyl (C=O) groups excluding carboxylic acids is 2. The normalized spacial score (nSPS) is 15.4. The van der Waals surface area contributed by atoms with Crippen molar-refractivity contribution in [3.63, 3.8) is 0 Å². The van der Waals surface area contributed by atoms with E-state index in [9.17, 15) is 9.59 Å². The zero-order chi connectivity index (χ0) is 11.5. The lowest BCUT2D eigenvalue weighted by Gasteiger charge is -2.12. The monoisotopic (exact) mass is 220 g/mol. The molecule has 6 heteroatoms. The van der Waals surface area contributed by atoms with Gasteiger partial charge < -0.3 is 11.1 Å². The van der Waals surface area contributed by atoms with Gasteiger partial charge in [0.25, 0.3) is 0 Å². The van der Waals surface area contributed by atoms with E-state index in [4.69, 9.17) is 5.73 Å². The van der Waals surface area contributed by atoms with Crippen LogP contribution in [0.5, 0.6) is 0 Å². The highest BCUT2D eigenvalue weighted by Gasteiger charge is 2.28. The van der Waals surface area contributed by atoms with Gasteiger partial charge in [0, 0.05) is 12.7 Å². The molecule has 84 valence electrons. The summed E-state index contributed by atoms with van der Waals surface area (Å²) in [6.07, 6.45) is 1.62. The van der Waals surface area contributed by atoms with Gasteiger partial charge in [-0.3, -0.25) is 14.7 Å². The third-order valence-electron chi connectivity index (χ3n) is 2.37. The number of carbonyl (C=O) groups is 2. The van der Waals surface area contributed by atoms with E-state index in [0.29, 0.717) is 6.54 Å². The molecule has 0 aliphatic carbocycles. The van der Waals surface area contributed by atoms with Gasteiger partial charge in [0.15, 0.2) is 0 Å². The Kier molecular flexibility index (Phi) is 2.82. The fraction of sp³-hybridized carbons (Fsp3) is 0.300. The van der Waals surface area contributed by atoms with Crippen LogP contribution in [0.1, 0.15) is 11.3 Å². The van der Waals surface area contributed by atoms with E-state index in [2.05, 4.69) is 10.3 Å². The fourth-order valence-electron chi connectivity index (χ4n) is 1.54. The van der Waals surface area contributed by atoms with Gasteiger partial charge in [-0.1, -0.05) is 0 Å². The van der Waals surface area contributed by atoms with E-state index < -0.39 is 0 Å². The maximum absolute atomic E-state index is 11.3. The maximum Gasteiger partial charge on any atom is 0.324 e. The topological polar surface area (TPSA) is 88.3 Å². The van der Waals surface area contributed by atoms with Crippen molar-refractivity contribution in [3.05, 3.63) is 29.6 Å². The highest BCUT2D eigenvalue weighted by Crippen LogP contribution is 2.09.